The normalized spacial score (nSPS) is 27.0. The summed E-state index contributed by atoms with van der Waals surface area (Å²) >= 11 is 0. The highest BCUT2D eigenvalue weighted by Crippen LogP contribution is 2.37. The van der Waals surface area contributed by atoms with E-state index in [9.17, 15) is 14.7 Å². The van der Waals surface area contributed by atoms with Gasteiger partial charge in [0.2, 0.25) is 11.8 Å². The Morgan fingerprint density at radius 3 is 2.59 bits per heavy atom. The highest BCUT2D eigenvalue weighted by atomic mass is 16.3. The molecule has 2 atom stereocenters. The first-order valence-electron chi connectivity index (χ1n) is 9.91. The Morgan fingerprint density at radius 1 is 1.19 bits per heavy atom. The lowest BCUT2D eigenvalue weighted by Crippen LogP contribution is -2.61. The zero-order valence-electron chi connectivity index (χ0n) is 16.4. The lowest BCUT2D eigenvalue weighted by Gasteiger charge is -2.50. The number of carbonyl (C=O) groups is 2. The quantitative estimate of drug-likeness (QED) is 0.867. The molecule has 27 heavy (non-hydrogen) atoms. The van der Waals surface area contributed by atoms with Crippen molar-refractivity contribution in [2.24, 2.45) is 0 Å². The van der Waals surface area contributed by atoms with Crippen LogP contribution in [0, 0.1) is 0 Å². The number of rotatable bonds is 4. The molecule has 2 amide bonds. The van der Waals surface area contributed by atoms with Gasteiger partial charge < -0.3 is 14.9 Å². The Morgan fingerprint density at radius 2 is 1.93 bits per heavy atom. The Labute approximate surface area is 161 Å². The van der Waals surface area contributed by atoms with E-state index in [1.54, 1.807) is 9.80 Å². The van der Waals surface area contributed by atoms with Crippen LogP contribution >= 0.6 is 0 Å². The van der Waals surface area contributed by atoms with Gasteiger partial charge in [0.05, 0.1) is 18.2 Å². The second kappa shape index (κ2) is 8.40. The smallest absolute Gasteiger partial charge is 0.242 e. The summed E-state index contributed by atoms with van der Waals surface area (Å²) in [6.45, 7) is 1.65. The Kier molecular flexibility index (Phi) is 6.17. The molecule has 2 aliphatic heterocycles. The molecule has 6 heteroatoms. The lowest BCUT2D eigenvalue weighted by atomic mass is 9.77. The molecule has 0 aliphatic carbocycles. The summed E-state index contributed by atoms with van der Waals surface area (Å²) in [5.74, 6) is 0.00931. The molecule has 6 nitrogen and oxygen atoms in total. The number of hydrogen-bond acceptors (Lipinski definition) is 4. The molecule has 2 fully saturated rings. The van der Waals surface area contributed by atoms with Gasteiger partial charge in [0.25, 0.3) is 0 Å². The number of likely N-dealkylation sites (tertiary alicyclic amines) is 2. The van der Waals surface area contributed by atoms with Crippen LogP contribution in [-0.4, -0.2) is 78.0 Å². The zero-order valence-corrected chi connectivity index (χ0v) is 16.4. The van der Waals surface area contributed by atoms with E-state index in [2.05, 4.69) is 4.90 Å². The van der Waals surface area contributed by atoms with Crippen LogP contribution in [0.3, 0.4) is 0 Å². The van der Waals surface area contributed by atoms with Crippen LogP contribution in [-0.2, 0) is 15.1 Å². The minimum absolute atomic E-state index is 0.0651. The van der Waals surface area contributed by atoms with Gasteiger partial charge in [-0.2, -0.15) is 0 Å². The van der Waals surface area contributed by atoms with Gasteiger partial charge in [-0.3, -0.25) is 14.5 Å². The topological polar surface area (TPSA) is 64.1 Å². The summed E-state index contributed by atoms with van der Waals surface area (Å²) in [4.78, 5) is 30.4. The van der Waals surface area contributed by atoms with E-state index >= 15 is 0 Å². The maximum atomic E-state index is 12.8. The molecule has 0 aromatic heterocycles. The number of amides is 2. The Hall–Kier alpha value is -1.92. The van der Waals surface area contributed by atoms with Crippen LogP contribution in [0.1, 0.15) is 37.7 Å². The largest absolute Gasteiger partial charge is 0.389 e. The Balaban J connectivity index is 1.70. The van der Waals surface area contributed by atoms with Crippen LogP contribution in [0.4, 0.5) is 0 Å². The highest BCUT2D eigenvalue weighted by molar-refractivity contribution is 5.85. The van der Waals surface area contributed by atoms with Crippen LogP contribution < -0.4 is 0 Å². The summed E-state index contributed by atoms with van der Waals surface area (Å²) in [5.41, 5.74) is 0.563. The number of piperidine rings is 1. The SMILES string of the molecule is CN(C)[C@]1(c2ccccc2)CCN(C(=O)CN2CCCCCC2=O)C[C@H]1O. The predicted molar refractivity (Wildman–Crippen MR) is 104 cm³/mol. The molecule has 2 aliphatic rings. The second-order valence-corrected chi connectivity index (χ2v) is 7.92. The molecule has 0 unspecified atom stereocenters. The molecule has 2 heterocycles. The highest BCUT2D eigenvalue weighted by Gasteiger charge is 2.46. The molecule has 148 valence electrons. The molecule has 1 aromatic carbocycles. The van der Waals surface area contributed by atoms with Gasteiger partial charge in [-0.05, 0) is 38.9 Å². The van der Waals surface area contributed by atoms with Crippen molar-refractivity contribution in [2.45, 2.75) is 43.7 Å². The van der Waals surface area contributed by atoms with E-state index in [4.69, 9.17) is 0 Å². The Bertz CT molecular complexity index is 664. The van der Waals surface area contributed by atoms with Gasteiger partial charge in [0, 0.05) is 26.1 Å². The van der Waals surface area contributed by atoms with E-state index < -0.39 is 11.6 Å². The fourth-order valence-corrected chi connectivity index (χ4v) is 4.46. The van der Waals surface area contributed by atoms with E-state index in [0.717, 1.165) is 24.8 Å². The van der Waals surface area contributed by atoms with Crippen molar-refractivity contribution in [3.63, 3.8) is 0 Å². The molecule has 2 saturated heterocycles. The number of benzene rings is 1. The van der Waals surface area contributed by atoms with E-state index in [1.807, 2.05) is 44.4 Å². The fourth-order valence-electron chi connectivity index (χ4n) is 4.46. The molecular weight excluding hydrogens is 342 g/mol. The van der Waals surface area contributed by atoms with Crippen LogP contribution in [0.25, 0.3) is 0 Å². The van der Waals surface area contributed by atoms with Crippen molar-refractivity contribution >= 4 is 11.8 Å². The third kappa shape index (κ3) is 4.01. The maximum absolute atomic E-state index is 12.8. The average Bonchev–Trinajstić information content (AvgIpc) is 2.86. The van der Waals surface area contributed by atoms with Gasteiger partial charge >= 0.3 is 0 Å². The van der Waals surface area contributed by atoms with E-state index in [0.29, 0.717) is 25.9 Å². The van der Waals surface area contributed by atoms with Crippen LogP contribution in [0.5, 0.6) is 0 Å². The molecule has 0 radical (unpaired) electrons. The number of aliphatic hydroxyl groups is 1. The van der Waals surface area contributed by atoms with Crippen molar-refractivity contribution in [3.8, 4) is 0 Å². The average molecular weight is 373 g/mol. The second-order valence-electron chi connectivity index (χ2n) is 7.92. The monoisotopic (exact) mass is 373 g/mol. The van der Waals surface area contributed by atoms with Crippen LogP contribution in [0.2, 0.25) is 0 Å². The third-order valence-corrected chi connectivity index (χ3v) is 6.13. The fraction of sp³-hybridized carbons (Fsp3) is 0.619. The van der Waals surface area contributed by atoms with Crippen molar-refractivity contribution in [1.82, 2.24) is 14.7 Å². The first-order valence-corrected chi connectivity index (χ1v) is 9.91. The molecule has 0 saturated carbocycles. The minimum atomic E-state index is -0.688. The lowest BCUT2D eigenvalue weighted by molar-refractivity contribution is -0.146. The summed E-state index contributed by atoms with van der Waals surface area (Å²) < 4.78 is 0. The number of β-amino-alcohol motifs (C(OH)–C–C–N with tert-alkyl or cyclic N) is 1. The summed E-state index contributed by atoms with van der Waals surface area (Å²) in [6, 6.07) is 10.0. The summed E-state index contributed by atoms with van der Waals surface area (Å²) in [7, 11) is 3.95. The maximum Gasteiger partial charge on any atom is 0.242 e. The summed E-state index contributed by atoms with van der Waals surface area (Å²) in [6.07, 6.45) is 3.42. The molecule has 1 N–H and O–H groups in total. The number of carbonyl (C=O) groups excluding carboxylic acids is 2. The predicted octanol–water partition coefficient (Wildman–Crippen LogP) is 1.44. The first kappa shape index (κ1) is 19.8. The first-order chi connectivity index (χ1) is 12.9. The van der Waals surface area contributed by atoms with Crippen molar-refractivity contribution < 1.29 is 14.7 Å². The molecule has 0 spiro atoms. The van der Waals surface area contributed by atoms with E-state index in [-0.39, 0.29) is 24.9 Å². The van der Waals surface area contributed by atoms with Crippen molar-refractivity contribution in [3.05, 3.63) is 35.9 Å². The number of likely N-dealkylation sites (N-methyl/N-ethyl adjacent to an activating group) is 1. The number of hydrogen-bond donors (Lipinski definition) is 1. The van der Waals surface area contributed by atoms with Crippen molar-refractivity contribution in [1.29, 1.82) is 0 Å². The zero-order chi connectivity index (χ0) is 19.4. The standard InChI is InChI=1S/C21H31N3O3/c1-22(2)21(17-9-5-3-6-10-17)12-14-24(15-18(21)25)20(27)16-23-13-8-4-7-11-19(23)26/h3,5-6,9-10,18,25H,4,7-8,11-16H2,1-2H3/t18-,21+/m1/s1. The van der Waals surface area contributed by atoms with Gasteiger partial charge in [0.15, 0.2) is 0 Å². The molecule has 1 aromatic rings. The molecular formula is C21H31N3O3. The van der Waals surface area contributed by atoms with Crippen LogP contribution in [0.15, 0.2) is 30.3 Å². The number of nitrogens with zero attached hydrogens (tertiary/aromatic N) is 3. The number of aliphatic hydroxyl groups excluding tert-OH is 1. The molecule has 0 bridgehead atoms. The van der Waals surface area contributed by atoms with Gasteiger partial charge in [0.1, 0.15) is 0 Å². The van der Waals surface area contributed by atoms with E-state index in [1.165, 1.54) is 0 Å². The third-order valence-electron chi connectivity index (χ3n) is 6.13. The van der Waals surface area contributed by atoms with Gasteiger partial charge in [-0.25, -0.2) is 0 Å². The molecule has 3 rings (SSSR count). The van der Waals surface area contributed by atoms with Crippen molar-refractivity contribution in [2.75, 3.05) is 40.3 Å². The minimum Gasteiger partial charge on any atom is -0.389 e. The van der Waals surface area contributed by atoms with Gasteiger partial charge in [-0.1, -0.05) is 36.8 Å². The summed E-state index contributed by atoms with van der Waals surface area (Å²) in [5, 5.41) is 11.0. The van der Waals surface area contributed by atoms with Gasteiger partial charge in [-0.15, -0.1) is 0 Å².